The Morgan fingerprint density at radius 3 is 2.55 bits per heavy atom. The van der Waals surface area contributed by atoms with Gasteiger partial charge in [-0.25, -0.2) is 0 Å². The van der Waals surface area contributed by atoms with E-state index in [9.17, 15) is 0 Å². The lowest BCUT2D eigenvalue weighted by atomic mass is 9.83. The van der Waals surface area contributed by atoms with Crippen molar-refractivity contribution in [1.29, 1.82) is 0 Å². The van der Waals surface area contributed by atoms with Gasteiger partial charge in [0.25, 0.3) is 0 Å². The van der Waals surface area contributed by atoms with Crippen LogP contribution in [-0.4, -0.2) is 50.8 Å². The van der Waals surface area contributed by atoms with Crippen LogP contribution in [0.25, 0.3) is 0 Å². The van der Waals surface area contributed by atoms with Crippen molar-refractivity contribution in [3.8, 4) is 0 Å². The maximum absolute atomic E-state index is 5.30. The van der Waals surface area contributed by atoms with Gasteiger partial charge in [-0.1, -0.05) is 19.8 Å². The second-order valence-corrected chi connectivity index (χ2v) is 6.80. The van der Waals surface area contributed by atoms with Gasteiger partial charge in [0.15, 0.2) is 0 Å². The lowest BCUT2D eigenvalue weighted by molar-refractivity contribution is 0.0832. The lowest BCUT2D eigenvalue weighted by Gasteiger charge is -2.39. The highest BCUT2D eigenvalue weighted by Crippen LogP contribution is 2.27. The lowest BCUT2D eigenvalue weighted by Crippen LogP contribution is -2.46. The normalized spacial score (nSPS) is 29.7. The fraction of sp³-hybridized carbons (Fsp3) is 1.00. The van der Waals surface area contributed by atoms with Gasteiger partial charge in [-0.3, -0.25) is 0 Å². The summed E-state index contributed by atoms with van der Waals surface area (Å²) in [5.74, 6) is 1.69. The molecular weight excluding hydrogens is 248 g/mol. The number of hydrogen-bond acceptors (Lipinski definition) is 3. The van der Waals surface area contributed by atoms with E-state index >= 15 is 0 Å². The molecule has 3 nitrogen and oxygen atoms in total. The zero-order valence-electron chi connectivity index (χ0n) is 13.6. The van der Waals surface area contributed by atoms with E-state index in [1.54, 1.807) is 0 Å². The van der Waals surface area contributed by atoms with E-state index in [-0.39, 0.29) is 0 Å². The van der Waals surface area contributed by atoms with Gasteiger partial charge in [-0.15, -0.1) is 0 Å². The fourth-order valence-corrected chi connectivity index (χ4v) is 3.93. The summed E-state index contributed by atoms with van der Waals surface area (Å²) in [6.07, 6.45) is 9.60. The third kappa shape index (κ3) is 5.01. The molecule has 3 heteroatoms. The molecule has 2 unspecified atom stereocenters. The molecule has 20 heavy (non-hydrogen) atoms. The molecule has 1 saturated carbocycles. The van der Waals surface area contributed by atoms with Gasteiger partial charge in [0.2, 0.25) is 0 Å². The number of rotatable bonds is 7. The van der Waals surface area contributed by atoms with Gasteiger partial charge >= 0.3 is 0 Å². The second-order valence-electron chi connectivity index (χ2n) is 6.80. The summed E-state index contributed by atoms with van der Waals surface area (Å²) >= 11 is 0. The van der Waals surface area contributed by atoms with Crippen molar-refractivity contribution in [1.82, 2.24) is 10.2 Å². The molecule has 0 aromatic rings. The van der Waals surface area contributed by atoms with Crippen LogP contribution < -0.4 is 5.32 Å². The van der Waals surface area contributed by atoms with E-state index in [1.807, 2.05) is 7.11 Å². The van der Waals surface area contributed by atoms with Crippen LogP contribution in [-0.2, 0) is 4.74 Å². The molecule has 0 aromatic carbocycles. The van der Waals surface area contributed by atoms with Crippen LogP contribution in [0.4, 0.5) is 0 Å². The van der Waals surface area contributed by atoms with E-state index in [1.165, 1.54) is 71.1 Å². The molecule has 0 amide bonds. The molecule has 0 radical (unpaired) electrons. The molecule has 1 aliphatic heterocycles. The summed E-state index contributed by atoms with van der Waals surface area (Å²) < 4.78 is 5.30. The predicted molar refractivity (Wildman–Crippen MR) is 85.1 cm³/mol. The molecule has 1 saturated heterocycles. The number of piperidine rings is 1. The van der Waals surface area contributed by atoms with Crippen molar-refractivity contribution >= 4 is 0 Å². The number of ether oxygens (including phenoxy) is 1. The van der Waals surface area contributed by atoms with Crippen molar-refractivity contribution in [2.45, 2.75) is 57.9 Å². The molecule has 2 rings (SSSR count). The average molecular weight is 282 g/mol. The first-order chi connectivity index (χ1) is 9.83. The van der Waals surface area contributed by atoms with Gasteiger partial charge < -0.3 is 15.0 Å². The molecule has 0 aromatic heterocycles. The summed E-state index contributed by atoms with van der Waals surface area (Å²) in [4.78, 5) is 2.71. The minimum Gasteiger partial charge on any atom is -0.384 e. The molecular formula is C17H34N2O. The standard InChI is InChI=1S/C17H34N2O/c1-3-10-18-17-7-5-4-6-16(17)13-19-11-8-15(9-12-19)14-20-2/h15-18H,3-14H2,1-2H3. The fourth-order valence-electron chi connectivity index (χ4n) is 3.93. The SMILES string of the molecule is CCCNC1CCCCC1CN1CCC(COC)CC1. The molecule has 2 fully saturated rings. The van der Waals surface area contributed by atoms with Gasteiger partial charge in [0.05, 0.1) is 0 Å². The zero-order chi connectivity index (χ0) is 14.2. The van der Waals surface area contributed by atoms with Crippen molar-refractivity contribution < 1.29 is 4.74 Å². The quantitative estimate of drug-likeness (QED) is 0.777. The summed E-state index contributed by atoms with van der Waals surface area (Å²) in [7, 11) is 1.83. The summed E-state index contributed by atoms with van der Waals surface area (Å²) in [5, 5.41) is 3.79. The van der Waals surface area contributed by atoms with Crippen LogP contribution in [0, 0.1) is 11.8 Å². The molecule has 2 aliphatic rings. The first-order valence-electron chi connectivity index (χ1n) is 8.78. The Morgan fingerprint density at radius 1 is 1.10 bits per heavy atom. The maximum Gasteiger partial charge on any atom is 0.0491 e. The van der Waals surface area contributed by atoms with E-state index in [0.29, 0.717) is 0 Å². The van der Waals surface area contributed by atoms with Crippen LogP contribution >= 0.6 is 0 Å². The summed E-state index contributed by atoms with van der Waals surface area (Å²) in [6.45, 7) is 8.30. The highest BCUT2D eigenvalue weighted by molar-refractivity contribution is 4.84. The van der Waals surface area contributed by atoms with Crippen molar-refractivity contribution in [3.63, 3.8) is 0 Å². The molecule has 2 atom stereocenters. The third-order valence-corrected chi connectivity index (χ3v) is 5.17. The van der Waals surface area contributed by atoms with Gasteiger partial charge in [-0.05, 0) is 63.6 Å². The monoisotopic (exact) mass is 282 g/mol. The molecule has 1 N–H and O–H groups in total. The van der Waals surface area contributed by atoms with E-state index in [0.717, 1.165) is 24.5 Å². The van der Waals surface area contributed by atoms with E-state index in [4.69, 9.17) is 4.74 Å². The van der Waals surface area contributed by atoms with Crippen LogP contribution in [0.2, 0.25) is 0 Å². The van der Waals surface area contributed by atoms with Gasteiger partial charge in [0.1, 0.15) is 0 Å². The summed E-state index contributed by atoms with van der Waals surface area (Å²) in [6, 6.07) is 0.778. The van der Waals surface area contributed by atoms with Crippen molar-refractivity contribution in [3.05, 3.63) is 0 Å². The van der Waals surface area contributed by atoms with Crippen LogP contribution in [0.5, 0.6) is 0 Å². The highest BCUT2D eigenvalue weighted by Gasteiger charge is 2.28. The Labute approximate surface area is 125 Å². The largest absolute Gasteiger partial charge is 0.384 e. The van der Waals surface area contributed by atoms with Crippen molar-refractivity contribution in [2.24, 2.45) is 11.8 Å². The molecule has 0 bridgehead atoms. The third-order valence-electron chi connectivity index (χ3n) is 5.17. The minimum atomic E-state index is 0.778. The Bertz CT molecular complexity index is 251. The van der Waals surface area contributed by atoms with E-state index in [2.05, 4.69) is 17.1 Å². The first kappa shape index (κ1) is 16.3. The zero-order valence-corrected chi connectivity index (χ0v) is 13.6. The number of hydrogen-bond donors (Lipinski definition) is 1. The van der Waals surface area contributed by atoms with Crippen LogP contribution in [0.15, 0.2) is 0 Å². The number of nitrogens with zero attached hydrogens (tertiary/aromatic N) is 1. The van der Waals surface area contributed by atoms with Crippen LogP contribution in [0.3, 0.4) is 0 Å². The topological polar surface area (TPSA) is 24.5 Å². The minimum absolute atomic E-state index is 0.778. The molecule has 1 heterocycles. The smallest absolute Gasteiger partial charge is 0.0491 e. The number of likely N-dealkylation sites (tertiary alicyclic amines) is 1. The van der Waals surface area contributed by atoms with Gasteiger partial charge in [-0.2, -0.15) is 0 Å². The number of nitrogens with one attached hydrogen (secondary N) is 1. The summed E-state index contributed by atoms with van der Waals surface area (Å²) in [5.41, 5.74) is 0. The average Bonchev–Trinajstić information content (AvgIpc) is 2.49. The highest BCUT2D eigenvalue weighted by atomic mass is 16.5. The van der Waals surface area contributed by atoms with Gasteiger partial charge in [0, 0.05) is 26.3 Å². The second kappa shape index (κ2) is 9.01. The first-order valence-corrected chi connectivity index (χ1v) is 8.78. The Hall–Kier alpha value is -0.120. The number of methoxy groups -OCH3 is 1. The molecule has 1 aliphatic carbocycles. The maximum atomic E-state index is 5.30. The predicted octanol–water partition coefficient (Wildman–Crippen LogP) is 2.90. The molecule has 118 valence electrons. The molecule has 0 spiro atoms. The van der Waals surface area contributed by atoms with E-state index < -0.39 is 0 Å². The Balaban J connectivity index is 1.73. The Morgan fingerprint density at radius 2 is 1.85 bits per heavy atom. The van der Waals surface area contributed by atoms with Crippen LogP contribution in [0.1, 0.15) is 51.9 Å². The van der Waals surface area contributed by atoms with Crippen molar-refractivity contribution in [2.75, 3.05) is 39.9 Å². The Kier molecular flexibility index (Phi) is 7.32.